The van der Waals surface area contributed by atoms with Gasteiger partial charge >= 0.3 is 5.51 Å². The number of carbonyl (C=O) groups excluding carboxylic acids is 2. The van der Waals surface area contributed by atoms with Gasteiger partial charge in [-0.15, -0.1) is 0 Å². The lowest BCUT2D eigenvalue weighted by Gasteiger charge is -2.44. The van der Waals surface area contributed by atoms with Gasteiger partial charge in [0.1, 0.15) is 0 Å². The number of likely N-dealkylation sites (tertiary alicyclic amines) is 2. The van der Waals surface area contributed by atoms with Gasteiger partial charge in [0.2, 0.25) is 11.8 Å². The van der Waals surface area contributed by atoms with Gasteiger partial charge in [0.15, 0.2) is 0 Å². The van der Waals surface area contributed by atoms with Crippen molar-refractivity contribution in [3.8, 4) is 0 Å². The summed E-state index contributed by atoms with van der Waals surface area (Å²) in [6.07, 6.45) is 3.79. The fourth-order valence-corrected chi connectivity index (χ4v) is 4.61. The quantitative estimate of drug-likeness (QED) is 0.754. The molecule has 3 saturated heterocycles. The molecule has 0 aliphatic carbocycles. The van der Waals surface area contributed by atoms with Crippen LogP contribution in [0.25, 0.3) is 0 Å². The minimum Gasteiger partial charge on any atom is -0.381 e. The van der Waals surface area contributed by atoms with Crippen molar-refractivity contribution in [3.63, 3.8) is 0 Å². The Bertz CT molecular complexity index is 525. The molecule has 0 aromatic rings. The Morgan fingerprint density at radius 1 is 1.24 bits per heavy atom. The van der Waals surface area contributed by atoms with Crippen molar-refractivity contribution in [3.05, 3.63) is 0 Å². The summed E-state index contributed by atoms with van der Waals surface area (Å²) < 4.78 is 42.2. The highest BCUT2D eigenvalue weighted by Gasteiger charge is 2.50. The smallest absolute Gasteiger partial charge is 0.381 e. The fourth-order valence-electron chi connectivity index (χ4n) is 4.14. The molecule has 3 rings (SSSR count). The molecule has 0 bridgehead atoms. The highest BCUT2D eigenvalue weighted by molar-refractivity contribution is 8.00. The molecule has 3 aliphatic rings. The summed E-state index contributed by atoms with van der Waals surface area (Å²) in [4.78, 5) is 28.5. The first-order valence-electron chi connectivity index (χ1n) is 8.68. The Labute approximate surface area is 149 Å². The Hall–Kier alpha value is -0.960. The van der Waals surface area contributed by atoms with Crippen LogP contribution in [0.15, 0.2) is 0 Å². The Morgan fingerprint density at radius 3 is 2.64 bits per heavy atom. The zero-order valence-corrected chi connectivity index (χ0v) is 14.8. The molecule has 5 nitrogen and oxygen atoms in total. The lowest BCUT2D eigenvalue weighted by Crippen LogP contribution is -2.55. The van der Waals surface area contributed by atoms with Crippen molar-refractivity contribution >= 4 is 23.6 Å². The van der Waals surface area contributed by atoms with E-state index >= 15 is 0 Å². The van der Waals surface area contributed by atoms with E-state index in [1.54, 1.807) is 0 Å². The number of halogens is 3. The van der Waals surface area contributed by atoms with E-state index in [1.807, 2.05) is 4.90 Å². The van der Waals surface area contributed by atoms with Crippen molar-refractivity contribution in [1.29, 1.82) is 0 Å². The number of hydrogen-bond donors (Lipinski definition) is 0. The van der Waals surface area contributed by atoms with Crippen molar-refractivity contribution in [2.24, 2.45) is 5.41 Å². The summed E-state index contributed by atoms with van der Waals surface area (Å²) in [5.74, 6) is -1.07. The second-order valence-electron chi connectivity index (χ2n) is 7.03. The summed E-state index contributed by atoms with van der Waals surface area (Å²) in [5, 5.41) is 0. The molecule has 1 unspecified atom stereocenters. The number of carbonyl (C=O) groups is 2. The molecule has 9 heteroatoms. The molecule has 3 fully saturated rings. The third-order valence-electron chi connectivity index (χ3n) is 5.47. The molecule has 3 heterocycles. The van der Waals surface area contributed by atoms with Crippen LogP contribution in [0.3, 0.4) is 0 Å². The van der Waals surface area contributed by atoms with Crippen LogP contribution in [0.1, 0.15) is 32.1 Å². The van der Waals surface area contributed by atoms with E-state index in [0.717, 1.165) is 25.8 Å². The maximum absolute atomic E-state index is 13.1. The van der Waals surface area contributed by atoms with Crippen LogP contribution in [0, 0.1) is 5.41 Å². The molecule has 0 aromatic carbocycles. The van der Waals surface area contributed by atoms with Crippen LogP contribution < -0.4 is 0 Å². The lowest BCUT2D eigenvalue weighted by molar-refractivity contribution is -0.150. The van der Waals surface area contributed by atoms with Crippen LogP contribution in [-0.4, -0.2) is 71.8 Å². The van der Waals surface area contributed by atoms with Crippen LogP contribution in [0.5, 0.6) is 0 Å². The molecular formula is C16H23F3N2O3S. The Morgan fingerprint density at radius 2 is 1.96 bits per heavy atom. The Kier molecular flexibility index (Phi) is 5.53. The van der Waals surface area contributed by atoms with Gasteiger partial charge in [-0.2, -0.15) is 13.2 Å². The average molecular weight is 380 g/mol. The summed E-state index contributed by atoms with van der Waals surface area (Å²) in [5.41, 5.74) is -5.01. The first-order chi connectivity index (χ1) is 11.8. The minimum absolute atomic E-state index is 0.0735. The van der Waals surface area contributed by atoms with E-state index in [1.165, 1.54) is 4.90 Å². The number of alkyl halides is 3. The summed E-state index contributed by atoms with van der Waals surface area (Å²) >= 11 is -0.313. The van der Waals surface area contributed by atoms with Crippen molar-refractivity contribution < 1.29 is 27.5 Å². The molecule has 2 amide bonds. The molecule has 0 aromatic heterocycles. The molecule has 25 heavy (non-hydrogen) atoms. The lowest BCUT2D eigenvalue weighted by atomic mass is 9.77. The normalized spacial score (nSPS) is 28.8. The van der Waals surface area contributed by atoms with E-state index in [-0.39, 0.29) is 30.3 Å². The predicted octanol–water partition coefficient (Wildman–Crippen LogP) is 2.26. The molecule has 0 N–H and O–H groups in total. The molecule has 1 atom stereocenters. The van der Waals surface area contributed by atoms with E-state index < -0.39 is 22.6 Å². The van der Waals surface area contributed by atoms with E-state index in [2.05, 4.69) is 0 Å². The molecule has 0 radical (unpaired) electrons. The maximum atomic E-state index is 13.1. The van der Waals surface area contributed by atoms with Crippen LogP contribution >= 0.6 is 11.8 Å². The topological polar surface area (TPSA) is 49.9 Å². The van der Waals surface area contributed by atoms with Crippen molar-refractivity contribution in [1.82, 2.24) is 9.80 Å². The highest BCUT2D eigenvalue weighted by Crippen LogP contribution is 2.42. The van der Waals surface area contributed by atoms with Gasteiger partial charge in [-0.3, -0.25) is 9.59 Å². The number of rotatable bonds is 3. The SMILES string of the molecule is O=C(CSC(F)(F)F)N1CCC2(CCCN(C3CCOCC3)C2=O)C1. The largest absolute Gasteiger partial charge is 0.442 e. The van der Waals surface area contributed by atoms with Gasteiger partial charge in [-0.1, -0.05) is 0 Å². The summed E-state index contributed by atoms with van der Waals surface area (Å²) in [6, 6.07) is 0.184. The molecule has 1 spiro atoms. The van der Waals surface area contributed by atoms with Crippen LogP contribution in [0.4, 0.5) is 13.2 Å². The third-order valence-corrected chi connectivity index (χ3v) is 6.18. The monoisotopic (exact) mass is 380 g/mol. The van der Waals surface area contributed by atoms with Crippen molar-refractivity contribution in [2.45, 2.75) is 43.7 Å². The summed E-state index contributed by atoms with van der Waals surface area (Å²) in [6.45, 7) is 2.65. The van der Waals surface area contributed by atoms with Crippen LogP contribution in [0.2, 0.25) is 0 Å². The third kappa shape index (κ3) is 4.24. The first-order valence-corrected chi connectivity index (χ1v) is 9.67. The number of thioether (sulfide) groups is 1. The standard InChI is InChI=1S/C16H23F3N2O3S/c17-16(18,19)25-10-13(22)20-7-5-15(11-20)4-1-6-21(14(15)23)12-2-8-24-9-3-12/h12H,1-11H2. The molecule has 142 valence electrons. The number of piperidine rings is 1. The zero-order valence-electron chi connectivity index (χ0n) is 14.0. The van der Waals surface area contributed by atoms with Crippen LogP contribution in [-0.2, 0) is 14.3 Å². The molecular weight excluding hydrogens is 357 g/mol. The second kappa shape index (κ2) is 7.34. The molecule has 3 aliphatic heterocycles. The number of ether oxygens (including phenoxy) is 1. The number of hydrogen-bond acceptors (Lipinski definition) is 4. The van der Waals surface area contributed by atoms with Gasteiger partial charge < -0.3 is 14.5 Å². The number of nitrogens with zero attached hydrogens (tertiary/aromatic N) is 2. The van der Waals surface area contributed by atoms with Gasteiger partial charge in [-0.25, -0.2) is 0 Å². The predicted molar refractivity (Wildman–Crippen MR) is 86.9 cm³/mol. The van der Waals surface area contributed by atoms with Gasteiger partial charge in [0, 0.05) is 38.9 Å². The Balaban J connectivity index is 1.62. The number of amides is 2. The fraction of sp³-hybridized carbons (Fsp3) is 0.875. The second-order valence-corrected chi connectivity index (χ2v) is 8.07. The van der Waals surface area contributed by atoms with E-state index in [9.17, 15) is 22.8 Å². The summed E-state index contributed by atoms with van der Waals surface area (Å²) in [7, 11) is 0. The minimum atomic E-state index is -4.41. The van der Waals surface area contributed by atoms with Gasteiger partial charge in [0.05, 0.1) is 11.2 Å². The zero-order chi connectivity index (χ0) is 18.1. The van der Waals surface area contributed by atoms with E-state index in [0.29, 0.717) is 32.6 Å². The molecule has 0 saturated carbocycles. The van der Waals surface area contributed by atoms with Gasteiger partial charge in [0.25, 0.3) is 0 Å². The van der Waals surface area contributed by atoms with E-state index in [4.69, 9.17) is 4.74 Å². The average Bonchev–Trinajstić information content (AvgIpc) is 3.01. The van der Waals surface area contributed by atoms with Crippen molar-refractivity contribution in [2.75, 3.05) is 38.6 Å². The first kappa shape index (κ1) is 18.8. The van der Waals surface area contributed by atoms with Gasteiger partial charge in [-0.05, 0) is 43.9 Å². The highest BCUT2D eigenvalue weighted by atomic mass is 32.2. The maximum Gasteiger partial charge on any atom is 0.442 e.